The summed E-state index contributed by atoms with van der Waals surface area (Å²) in [5.41, 5.74) is 4.27. The van der Waals surface area contributed by atoms with Crippen LogP contribution in [0.4, 0.5) is 0 Å². The Morgan fingerprint density at radius 2 is 1.90 bits per heavy atom. The van der Waals surface area contributed by atoms with Crippen LogP contribution in [0.25, 0.3) is 11.0 Å². The van der Waals surface area contributed by atoms with Crippen LogP contribution in [0.1, 0.15) is 33.4 Å². The van der Waals surface area contributed by atoms with E-state index in [0.717, 1.165) is 27.7 Å². The van der Waals surface area contributed by atoms with Crippen LogP contribution >= 0.6 is 11.6 Å². The number of halogens is 1. The number of methoxy groups -OCH3 is 1. The molecule has 5 rings (SSSR count). The quantitative estimate of drug-likeness (QED) is 0.523. The number of ether oxygens (including phenoxy) is 1. The second-order valence-electron chi connectivity index (χ2n) is 7.02. The van der Waals surface area contributed by atoms with Crippen molar-refractivity contribution in [2.24, 2.45) is 0 Å². The van der Waals surface area contributed by atoms with Crippen molar-refractivity contribution in [3.63, 3.8) is 0 Å². The highest BCUT2D eigenvalue weighted by Crippen LogP contribution is 2.40. The van der Waals surface area contributed by atoms with Crippen molar-refractivity contribution in [3.8, 4) is 5.75 Å². The van der Waals surface area contributed by atoms with Gasteiger partial charge in [0.25, 0.3) is 5.91 Å². The maximum absolute atomic E-state index is 13.3. The summed E-state index contributed by atoms with van der Waals surface area (Å²) in [6.07, 6.45) is 0. The highest BCUT2D eigenvalue weighted by atomic mass is 35.5. The van der Waals surface area contributed by atoms with E-state index >= 15 is 0 Å². The minimum Gasteiger partial charge on any atom is -0.496 e. The van der Waals surface area contributed by atoms with Crippen LogP contribution < -0.4 is 4.74 Å². The SMILES string of the molecule is COc1ccc(Cl)cc1C(c1nc2ccccc2[nH]1)N1Cc2ccccc2C1=O. The number of hydrogen-bond acceptors (Lipinski definition) is 3. The molecule has 1 aromatic heterocycles. The van der Waals surface area contributed by atoms with E-state index in [1.807, 2.05) is 65.6 Å². The van der Waals surface area contributed by atoms with E-state index < -0.39 is 6.04 Å². The second-order valence-corrected chi connectivity index (χ2v) is 7.45. The zero-order valence-electron chi connectivity index (χ0n) is 15.7. The molecule has 1 unspecified atom stereocenters. The summed E-state index contributed by atoms with van der Waals surface area (Å²) in [6.45, 7) is 0.492. The molecule has 1 aliphatic rings. The number of carbonyl (C=O) groups is 1. The molecule has 2 heterocycles. The van der Waals surface area contributed by atoms with Gasteiger partial charge in [0.2, 0.25) is 0 Å². The van der Waals surface area contributed by atoms with Crippen molar-refractivity contribution in [2.45, 2.75) is 12.6 Å². The van der Waals surface area contributed by atoms with Crippen LogP contribution in [0.15, 0.2) is 66.7 Å². The van der Waals surface area contributed by atoms with Gasteiger partial charge >= 0.3 is 0 Å². The standard InChI is InChI=1S/C23H18ClN3O2/c1-29-20-11-10-15(24)12-17(20)21(22-25-18-8-4-5-9-19(18)26-22)27-13-14-6-2-3-7-16(14)23(27)28/h2-12,21H,13H2,1H3,(H,25,26). The highest BCUT2D eigenvalue weighted by molar-refractivity contribution is 6.30. The molecule has 1 amide bonds. The van der Waals surface area contributed by atoms with E-state index in [1.54, 1.807) is 13.2 Å². The number of amides is 1. The van der Waals surface area contributed by atoms with Crippen LogP contribution in [0.5, 0.6) is 5.75 Å². The molecule has 1 atom stereocenters. The monoisotopic (exact) mass is 403 g/mol. The van der Waals surface area contributed by atoms with Crippen LogP contribution in [0.2, 0.25) is 5.02 Å². The van der Waals surface area contributed by atoms with Gasteiger partial charge in [0.1, 0.15) is 17.6 Å². The van der Waals surface area contributed by atoms with Gasteiger partial charge in [-0.15, -0.1) is 0 Å². The maximum Gasteiger partial charge on any atom is 0.255 e. The van der Waals surface area contributed by atoms with E-state index in [-0.39, 0.29) is 5.91 Å². The number of hydrogen-bond donors (Lipinski definition) is 1. The lowest BCUT2D eigenvalue weighted by atomic mass is 10.0. The summed E-state index contributed by atoms with van der Waals surface area (Å²) in [6, 6.07) is 20.5. The second kappa shape index (κ2) is 6.94. The Balaban J connectivity index is 1.70. The van der Waals surface area contributed by atoms with E-state index in [4.69, 9.17) is 21.3 Å². The van der Waals surface area contributed by atoms with Gasteiger partial charge in [0.05, 0.1) is 18.1 Å². The molecule has 144 valence electrons. The predicted octanol–water partition coefficient (Wildman–Crippen LogP) is 4.97. The molecule has 0 saturated carbocycles. The van der Waals surface area contributed by atoms with Crippen molar-refractivity contribution in [1.82, 2.24) is 14.9 Å². The van der Waals surface area contributed by atoms with Crippen molar-refractivity contribution in [1.29, 1.82) is 0 Å². The number of nitrogens with one attached hydrogen (secondary N) is 1. The van der Waals surface area contributed by atoms with Crippen LogP contribution in [-0.2, 0) is 6.54 Å². The molecule has 3 aromatic carbocycles. The largest absolute Gasteiger partial charge is 0.496 e. The molecule has 0 radical (unpaired) electrons. The number of imidazole rings is 1. The molecule has 0 fully saturated rings. The number of H-pyrrole nitrogens is 1. The molecule has 0 bridgehead atoms. The summed E-state index contributed by atoms with van der Waals surface area (Å²) in [7, 11) is 1.61. The Morgan fingerprint density at radius 1 is 1.10 bits per heavy atom. The summed E-state index contributed by atoms with van der Waals surface area (Å²) in [5.74, 6) is 1.30. The topological polar surface area (TPSA) is 58.2 Å². The minimum absolute atomic E-state index is 0.0342. The van der Waals surface area contributed by atoms with Crippen molar-refractivity contribution < 1.29 is 9.53 Å². The van der Waals surface area contributed by atoms with Crippen molar-refractivity contribution in [2.75, 3.05) is 7.11 Å². The fraction of sp³-hybridized carbons (Fsp3) is 0.130. The van der Waals surface area contributed by atoms with Gasteiger partial charge in [-0.3, -0.25) is 4.79 Å². The summed E-state index contributed by atoms with van der Waals surface area (Å²) in [5, 5.41) is 0.575. The maximum atomic E-state index is 13.3. The van der Waals surface area contributed by atoms with Gasteiger partial charge < -0.3 is 14.6 Å². The van der Waals surface area contributed by atoms with Crippen LogP contribution in [0.3, 0.4) is 0 Å². The van der Waals surface area contributed by atoms with Crippen molar-refractivity contribution >= 4 is 28.5 Å². The zero-order valence-corrected chi connectivity index (χ0v) is 16.5. The van der Waals surface area contributed by atoms with Gasteiger partial charge in [-0.1, -0.05) is 41.9 Å². The smallest absolute Gasteiger partial charge is 0.255 e. The van der Waals surface area contributed by atoms with Crippen molar-refractivity contribution in [3.05, 3.63) is 94.3 Å². The predicted molar refractivity (Wildman–Crippen MR) is 112 cm³/mol. The molecule has 4 aromatic rings. The fourth-order valence-corrected chi connectivity index (χ4v) is 4.15. The number of rotatable bonds is 4. The lowest BCUT2D eigenvalue weighted by molar-refractivity contribution is 0.0723. The normalized spacial score (nSPS) is 14.3. The number of aromatic amines is 1. The zero-order chi connectivity index (χ0) is 20.0. The first-order valence-corrected chi connectivity index (χ1v) is 9.70. The average molecular weight is 404 g/mol. The van der Waals surface area contributed by atoms with E-state index in [2.05, 4.69) is 4.98 Å². The number of benzene rings is 3. The Bertz CT molecular complexity index is 1200. The first-order chi connectivity index (χ1) is 14.2. The average Bonchev–Trinajstić information content (AvgIpc) is 3.30. The minimum atomic E-state index is -0.462. The Kier molecular flexibility index (Phi) is 4.25. The molecule has 6 heteroatoms. The Labute approximate surface area is 172 Å². The molecule has 0 spiro atoms. The third-order valence-electron chi connectivity index (χ3n) is 5.31. The van der Waals surface area contributed by atoms with Gasteiger partial charge in [0.15, 0.2) is 0 Å². The van der Waals surface area contributed by atoms with Gasteiger partial charge in [-0.25, -0.2) is 4.98 Å². The van der Waals surface area contributed by atoms with Crippen LogP contribution in [-0.4, -0.2) is 27.9 Å². The Morgan fingerprint density at radius 3 is 2.69 bits per heavy atom. The van der Waals surface area contributed by atoms with E-state index in [9.17, 15) is 4.79 Å². The fourth-order valence-electron chi connectivity index (χ4n) is 3.97. The molecule has 1 N–H and O–H groups in total. The number of para-hydroxylation sites is 2. The number of carbonyl (C=O) groups excluding carboxylic acids is 1. The lowest BCUT2D eigenvalue weighted by Gasteiger charge is -2.28. The Hall–Kier alpha value is -3.31. The van der Waals surface area contributed by atoms with Crippen LogP contribution in [0, 0.1) is 0 Å². The number of aromatic nitrogens is 2. The van der Waals surface area contributed by atoms with Gasteiger partial charge in [0, 0.05) is 22.7 Å². The molecule has 1 aliphatic heterocycles. The molecule has 0 saturated heterocycles. The van der Waals surface area contributed by atoms with E-state index in [1.165, 1.54) is 0 Å². The molecule has 0 aliphatic carbocycles. The van der Waals surface area contributed by atoms with Gasteiger partial charge in [-0.2, -0.15) is 0 Å². The first kappa shape index (κ1) is 17.8. The third kappa shape index (κ3) is 2.95. The highest BCUT2D eigenvalue weighted by Gasteiger charge is 2.37. The number of nitrogens with zero attached hydrogens (tertiary/aromatic N) is 2. The molecule has 29 heavy (non-hydrogen) atoms. The first-order valence-electron chi connectivity index (χ1n) is 9.32. The lowest BCUT2D eigenvalue weighted by Crippen LogP contribution is -2.31. The number of fused-ring (bicyclic) bond motifs is 2. The molecule has 5 nitrogen and oxygen atoms in total. The summed E-state index contributed by atoms with van der Waals surface area (Å²) >= 11 is 6.33. The summed E-state index contributed by atoms with van der Waals surface area (Å²) in [4.78, 5) is 23.3. The van der Waals surface area contributed by atoms with Gasteiger partial charge in [-0.05, 0) is 42.0 Å². The third-order valence-corrected chi connectivity index (χ3v) is 5.55. The summed E-state index contributed by atoms with van der Waals surface area (Å²) < 4.78 is 5.61. The van der Waals surface area contributed by atoms with E-state index in [0.29, 0.717) is 23.1 Å². The molecular weight excluding hydrogens is 386 g/mol. The molecular formula is C23H18ClN3O2.